The fourth-order valence-corrected chi connectivity index (χ4v) is 1.43. The zero-order valence-electron chi connectivity index (χ0n) is 8.31. The number of ether oxygens (including phenoxy) is 1. The van der Waals surface area contributed by atoms with Crippen LogP contribution in [0.1, 0.15) is 13.8 Å². The first-order chi connectivity index (χ1) is 6.08. The molecule has 3 atom stereocenters. The lowest BCUT2D eigenvalue weighted by molar-refractivity contribution is 0.0793. The van der Waals surface area contributed by atoms with Crippen LogP contribution < -0.4 is 0 Å². The summed E-state index contributed by atoms with van der Waals surface area (Å²) in [4.78, 5) is 2.03. The Kier molecular flexibility index (Phi) is 4.12. The Balaban J connectivity index is 2.23. The van der Waals surface area contributed by atoms with Gasteiger partial charge in [-0.25, -0.2) is 0 Å². The van der Waals surface area contributed by atoms with Gasteiger partial charge in [0.2, 0.25) is 0 Å². The van der Waals surface area contributed by atoms with Gasteiger partial charge in [-0.2, -0.15) is 0 Å². The SMILES string of the molecule is CC(O)CN(CC(C)O)CC1CO1. The quantitative estimate of drug-likeness (QED) is 0.550. The first kappa shape index (κ1) is 10.9. The van der Waals surface area contributed by atoms with E-state index in [0.717, 1.165) is 13.2 Å². The molecule has 0 amide bonds. The Morgan fingerprint density at radius 2 is 1.77 bits per heavy atom. The topological polar surface area (TPSA) is 56.2 Å². The molecule has 1 aliphatic rings. The molecule has 0 spiro atoms. The molecule has 0 aliphatic carbocycles. The average Bonchev–Trinajstić information content (AvgIpc) is 2.67. The second-order valence-corrected chi connectivity index (χ2v) is 3.87. The second-order valence-electron chi connectivity index (χ2n) is 3.87. The van der Waals surface area contributed by atoms with Gasteiger partial charge in [-0.15, -0.1) is 0 Å². The van der Waals surface area contributed by atoms with Gasteiger partial charge < -0.3 is 14.9 Å². The van der Waals surface area contributed by atoms with Gasteiger partial charge in [0.25, 0.3) is 0 Å². The van der Waals surface area contributed by atoms with Crippen LogP contribution in [0.15, 0.2) is 0 Å². The first-order valence-electron chi connectivity index (χ1n) is 4.78. The lowest BCUT2D eigenvalue weighted by atomic mass is 10.3. The van der Waals surface area contributed by atoms with Crippen molar-refractivity contribution in [3.8, 4) is 0 Å². The first-order valence-corrected chi connectivity index (χ1v) is 4.78. The molecule has 1 aliphatic heterocycles. The monoisotopic (exact) mass is 189 g/mol. The predicted octanol–water partition coefficient (Wildman–Crippen LogP) is -0.551. The van der Waals surface area contributed by atoms with Crippen molar-refractivity contribution >= 4 is 0 Å². The summed E-state index contributed by atoms with van der Waals surface area (Å²) in [6, 6.07) is 0. The van der Waals surface area contributed by atoms with Crippen molar-refractivity contribution in [2.45, 2.75) is 32.2 Å². The highest BCUT2D eigenvalue weighted by Crippen LogP contribution is 2.11. The molecule has 3 unspecified atom stereocenters. The third kappa shape index (κ3) is 5.21. The molecular formula is C9H19NO3. The predicted molar refractivity (Wildman–Crippen MR) is 49.5 cm³/mol. The summed E-state index contributed by atoms with van der Waals surface area (Å²) in [5.74, 6) is 0. The molecule has 4 nitrogen and oxygen atoms in total. The lowest BCUT2D eigenvalue weighted by Gasteiger charge is -2.23. The summed E-state index contributed by atoms with van der Waals surface area (Å²) < 4.78 is 5.10. The Bertz CT molecular complexity index is 130. The van der Waals surface area contributed by atoms with Crippen LogP contribution in [0.4, 0.5) is 0 Å². The molecule has 1 heterocycles. The maximum absolute atomic E-state index is 9.20. The highest BCUT2D eigenvalue weighted by Gasteiger charge is 2.26. The highest BCUT2D eigenvalue weighted by molar-refractivity contribution is 4.76. The number of hydrogen-bond donors (Lipinski definition) is 2. The number of hydrogen-bond acceptors (Lipinski definition) is 4. The summed E-state index contributed by atoms with van der Waals surface area (Å²) in [6.07, 6.45) is -0.382. The van der Waals surface area contributed by atoms with Crippen LogP contribution >= 0.6 is 0 Å². The molecule has 78 valence electrons. The summed E-state index contributed by atoms with van der Waals surface area (Å²) >= 11 is 0. The number of aliphatic hydroxyl groups is 2. The Morgan fingerprint density at radius 1 is 1.31 bits per heavy atom. The van der Waals surface area contributed by atoms with Crippen LogP contribution in [0.5, 0.6) is 0 Å². The van der Waals surface area contributed by atoms with Crippen LogP contribution in [0.25, 0.3) is 0 Å². The summed E-state index contributed by atoms with van der Waals surface area (Å²) in [5.41, 5.74) is 0. The van der Waals surface area contributed by atoms with Crippen molar-refractivity contribution in [3.05, 3.63) is 0 Å². The van der Waals surface area contributed by atoms with Crippen molar-refractivity contribution in [2.75, 3.05) is 26.2 Å². The van der Waals surface area contributed by atoms with Crippen LogP contribution in [-0.4, -0.2) is 59.7 Å². The zero-order chi connectivity index (χ0) is 9.84. The normalized spacial score (nSPS) is 26.1. The van der Waals surface area contributed by atoms with Gasteiger partial charge in [0.05, 0.1) is 24.9 Å². The van der Waals surface area contributed by atoms with Crippen LogP contribution in [0, 0.1) is 0 Å². The van der Waals surface area contributed by atoms with Crippen LogP contribution in [0.3, 0.4) is 0 Å². The van der Waals surface area contributed by atoms with Gasteiger partial charge in [0, 0.05) is 19.6 Å². The molecule has 0 aromatic carbocycles. The Hall–Kier alpha value is -0.160. The maximum Gasteiger partial charge on any atom is 0.0936 e. The minimum atomic E-state index is -0.350. The summed E-state index contributed by atoms with van der Waals surface area (Å²) in [6.45, 7) is 6.34. The van der Waals surface area contributed by atoms with Crippen LogP contribution in [0.2, 0.25) is 0 Å². The standard InChI is InChI=1S/C9H19NO3/c1-7(11)3-10(4-8(2)12)5-9-6-13-9/h7-9,11-12H,3-6H2,1-2H3. The highest BCUT2D eigenvalue weighted by atomic mass is 16.6. The lowest BCUT2D eigenvalue weighted by Crippen LogP contribution is -2.38. The molecule has 13 heavy (non-hydrogen) atoms. The minimum Gasteiger partial charge on any atom is -0.392 e. The van der Waals surface area contributed by atoms with Gasteiger partial charge in [0.15, 0.2) is 0 Å². The number of aliphatic hydroxyl groups excluding tert-OH is 2. The van der Waals surface area contributed by atoms with E-state index in [1.807, 2.05) is 4.90 Å². The van der Waals surface area contributed by atoms with Gasteiger partial charge in [-0.05, 0) is 13.8 Å². The van der Waals surface area contributed by atoms with E-state index in [9.17, 15) is 10.2 Å². The molecule has 2 N–H and O–H groups in total. The van der Waals surface area contributed by atoms with E-state index in [1.165, 1.54) is 0 Å². The van der Waals surface area contributed by atoms with Crippen molar-refractivity contribution in [1.82, 2.24) is 4.90 Å². The van der Waals surface area contributed by atoms with Crippen molar-refractivity contribution in [2.24, 2.45) is 0 Å². The molecule has 0 aromatic rings. The van der Waals surface area contributed by atoms with Gasteiger partial charge >= 0.3 is 0 Å². The van der Waals surface area contributed by atoms with E-state index in [0.29, 0.717) is 19.2 Å². The molecule has 0 radical (unpaired) electrons. The molecule has 1 saturated heterocycles. The van der Waals surface area contributed by atoms with E-state index in [4.69, 9.17) is 4.74 Å². The molecule has 0 aromatic heterocycles. The van der Waals surface area contributed by atoms with Crippen molar-refractivity contribution in [1.29, 1.82) is 0 Å². The van der Waals surface area contributed by atoms with E-state index in [1.54, 1.807) is 13.8 Å². The smallest absolute Gasteiger partial charge is 0.0936 e. The van der Waals surface area contributed by atoms with Gasteiger partial charge in [0.1, 0.15) is 0 Å². The van der Waals surface area contributed by atoms with E-state index >= 15 is 0 Å². The molecule has 1 rings (SSSR count). The molecule has 0 saturated carbocycles. The van der Waals surface area contributed by atoms with Gasteiger partial charge in [-0.1, -0.05) is 0 Å². The minimum absolute atomic E-state index is 0.317. The third-order valence-corrected chi connectivity index (χ3v) is 1.91. The number of rotatable bonds is 6. The van der Waals surface area contributed by atoms with Gasteiger partial charge in [-0.3, -0.25) is 4.90 Å². The molecule has 4 heteroatoms. The molecule has 1 fully saturated rings. The van der Waals surface area contributed by atoms with Crippen molar-refractivity contribution in [3.63, 3.8) is 0 Å². The second kappa shape index (κ2) is 4.91. The largest absolute Gasteiger partial charge is 0.392 e. The van der Waals surface area contributed by atoms with E-state index in [-0.39, 0.29) is 12.2 Å². The van der Waals surface area contributed by atoms with E-state index in [2.05, 4.69) is 0 Å². The maximum atomic E-state index is 9.20. The summed E-state index contributed by atoms with van der Waals surface area (Å²) in [5, 5.41) is 18.4. The van der Waals surface area contributed by atoms with Crippen LogP contribution in [-0.2, 0) is 4.74 Å². The number of nitrogens with zero attached hydrogens (tertiary/aromatic N) is 1. The summed E-state index contributed by atoms with van der Waals surface area (Å²) in [7, 11) is 0. The Labute approximate surface area is 79.1 Å². The average molecular weight is 189 g/mol. The zero-order valence-corrected chi connectivity index (χ0v) is 8.31. The van der Waals surface area contributed by atoms with E-state index < -0.39 is 0 Å². The number of epoxide rings is 1. The van der Waals surface area contributed by atoms with Crippen molar-refractivity contribution < 1.29 is 14.9 Å². The fraction of sp³-hybridized carbons (Fsp3) is 1.00. The molecule has 0 bridgehead atoms. The Morgan fingerprint density at radius 3 is 2.08 bits per heavy atom. The molecular weight excluding hydrogens is 170 g/mol. The third-order valence-electron chi connectivity index (χ3n) is 1.91. The fourth-order valence-electron chi connectivity index (χ4n) is 1.43.